The van der Waals surface area contributed by atoms with Crippen LogP contribution in [-0.2, 0) is 0 Å². The van der Waals surface area contributed by atoms with E-state index in [9.17, 15) is 4.79 Å². The lowest BCUT2D eigenvalue weighted by molar-refractivity contribution is 0.0697. The van der Waals surface area contributed by atoms with E-state index in [1.807, 2.05) is 71.6 Å². The van der Waals surface area contributed by atoms with Gasteiger partial charge in [0.2, 0.25) is 0 Å². The summed E-state index contributed by atoms with van der Waals surface area (Å²) in [5, 5.41) is 0. The highest BCUT2D eigenvalue weighted by atomic mass is 16.2. The molecule has 0 aliphatic carbocycles. The summed E-state index contributed by atoms with van der Waals surface area (Å²) >= 11 is 0. The molecule has 4 nitrogen and oxygen atoms in total. The summed E-state index contributed by atoms with van der Waals surface area (Å²) in [6.45, 7) is 3.90. The molecule has 5 rings (SSSR count). The fraction of sp³-hybridized carbons (Fsp3) is 0.222. The van der Waals surface area contributed by atoms with Crippen molar-refractivity contribution in [3.63, 3.8) is 0 Å². The largest absolute Gasteiger partial charge is 0.339 e. The van der Waals surface area contributed by atoms with Crippen LogP contribution in [0.5, 0.6) is 0 Å². The van der Waals surface area contributed by atoms with E-state index in [0.717, 1.165) is 59.5 Å². The van der Waals surface area contributed by atoms with Gasteiger partial charge in [-0.2, -0.15) is 0 Å². The van der Waals surface area contributed by atoms with Crippen LogP contribution in [0.2, 0.25) is 0 Å². The third-order valence-electron chi connectivity index (χ3n) is 6.08. The Kier molecular flexibility index (Phi) is 5.21. The van der Waals surface area contributed by atoms with Crippen molar-refractivity contribution in [2.24, 2.45) is 5.92 Å². The van der Waals surface area contributed by atoms with E-state index in [0.29, 0.717) is 11.5 Å². The van der Waals surface area contributed by atoms with Crippen molar-refractivity contribution in [1.29, 1.82) is 0 Å². The molecule has 0 saturated carbocycles. The number of carbonyl (C=O) groups is 1. The number of carbonyl (C=O) groups excluding carboxylic acids is 1. The van der Waals surface area contributed by atoms with Gasteiger partial charge in [0, 0.05) is 29.8 Å². The predicted octanol–water partition coefficient (Wildman–Crippen LogP) is 5.84. The summed E-state index contributed by atoms with van der Waals surface area (Å²) in [5.74, 6) is 0.778. The van der Waals surface area contributed by atoms with E-state index in [1.165, 1.54) is 0 Å². The first-order chi connectivity index (χ1) is 15.2. The molecule has 1 fully saturated rings. The molecule has 4 heteroatoms. The second-order valence-electron chi connectivity index (χ2n) is 8.33. The fourth-order valence-corrected chi connectivity index (χ4v) is 4.18. The molecule has 4 aromatic rings. The third-order valence-corrected chi connectivity index (χ3v) is 6.08. The average Bonchev–Trinajstić information content (AvgIpc) is 2.84. The summed E-state index contributed by atoms with van der Waals surface area (Å²) < 4.78 is 0. The van der Waals surface area contributed by atoms with E-state index in [1.54, 1.807) is 0 Å². The molecule has 0 unspecified atom stereocenters. The number of fused-ring (bicyclic) bond motifs is 1. The number of aromatic nitrogens is 2. The van der Waals surface area contributed by atoms with Gasteiger partial charge >= 0.3 is 0 Å². The van der Waals surface area contributed by atoms with Crippen LogP contribution in [0, 0.1) is 5.92 Å². The molecule has 0 bridgehead atoms. The summed E-state index contributed by atoms with van der Waals surface area (Å²) in [7, 11) is 0. The van der Waals surface area contributed by atoms with Crippen molar-refractivity contribution >= 4 is 16.9 Å². The molecule has 0 spiro atoms. The lowest BCUT2D eigenvalue weighted by Crippen LogP contribution is -2.37. The van der Waals surface area contributed by atoms with Gasteiger partial charge in [0.1, 0.15) is 0 Å². The summed E-state index contributed by atoms with van der Waals surface area (Å²) in [6, 6.07) is 25.9. The molecule has 3 aromatic carbocycles. The summed E-state index contributed by atoms with van der Waals surface area (Å²) in [6.07, 6.45) is 2.13. The first kappa shape index (κ1) is 19.4. The Labute approximate surface area is 182 Å². The molecule has 1 saturated heterocycles. The highest BCUT2D eigenvalue weighted by Crippen LogP contribution is 2.31. The average molecular weight is 408 g/mol. The highest BCUT2D eigenvalue weighted by molar-refractivity contribution is 5.98. The van der Waals surface area contributed by atoms with Gasteiger partial charge < -0.3 is 4.90 Å². The van der Waals surface area contributed by atoms with Crippen LogP contribution in [0.25, 0.3) is 33.5 Å². The number of amides is 1. The van der Waals surface area contributed by atoms with E-state index in [-0.39, 0.29) is 5.91 Å². The van der Waals surface area contributed by atoms with Crippen LogP contribution < -0.4 is 0 Å². The molecule has 1 aliphatic rings. The smallest absolute Gasteiger partial charge is 0.253 e. The molecule has 154 valence electrons. The first-order valence-electron chi connectivity index (χ1n) is 10.9. The minimum absolute atomic E-state index is 0.0870. The molecule has 1 amide bonds. The van der Waals surface area contributed by atoms with Gasteiger partial charge in [0.05, 0.1) is 22.4 Å². The van der Waals surface area contributed by atoms with Gasteiger partial charge in [0.25, 0.3) is 5.91 Å². The van der Waals surface area contributed by atoms with Crippen LogP contribution in [-0.4, -0.2) is 33.9 Å². The Balaban J connectivity index is 1.60. The molecule has 31 heavy (non-hydrogen) atoms. The quantitative estimate of drug-likeness (QED) is 0.429. The number of nitrogens with zero attached hydrogens (tertiary/aromatic N) is 3. The second-order valence-corrected chi connectivity index (χ2v) is 8.33. The normalized spacial score (nSPS) is 14.7. The third kappa shape index (κ3) is 3.93. The number of benzene rings is 3. The summed E-state index contributed by atoms with van der Waals surface area (Å²) in [4.78, 5) is 25.0. The maximum Gasteiger partial charge on any atom is 0.253 e. The molecule has 0 radical (unpaired) electrons. The van der Waals surface area contributed by atoms with Crippen molar-refractivity contribution in [2.45, 2.75) is 19.8 Å². The van der Waals surface area contributed by atoms with E-state index in [2.05, 4.69) is 19.1 Å². The van der Waals surface area contributed by atoms with E-state index in [4.69, 9.17) is 9.97 Å². The molecule has 0 atom stereocenters. The molecule has 2 heterocycles. The minimum Gasteiger partial charge on any atom is -0.339 e. The van der Waals surface area contributed by atoms with Gasteiger partial charge in [-0.05, 0) is 37.0 Å². The molecule has 1 aliphatic heterocycles. The number of hydrogen-bond donors (Lipinski definition) is 0. The van der Waals surface area contributed by atoms with Crippen LogP contribution in [0.1, 0.15) is 30.1 Å². The number of likely N-dealkylation sites (tertiary alicyclic amines) is 1. The van der Waals surface area contributed by atoms with Crippen LogP contribution >= 0.6 is 0 Å². The minimum atomic E-state index is 0.0870. The Morgan fingerprint density at radius 1 is 0.774 bits per heavy atom. The Morgan fingerprint density at radius 2 is 1.32 bits per heavy atom. The lowest BCUT2D eigenvalue weighted by atomic mass is 9.98. The Morgan fingerprint density at radius 3 is 1.90 bits per heavy atom. The van der Waals surface area contributed by atoms with Gasteiger partial charge in [-0.1, -0.05) is 67.6 Å². The van der Waals surface area contributed by atoms with Gasteiger partial charge in [-0.3, -0.25) is 4.79 Å². The lowest BCUT2D eigenvalue weighted by Gasteiger charge is -2.30. The molecular formula is C27H25N3O. The van der Waals surface area contributed by atoms with Gasteiger partial charge in [0.15, 0.2) is 0 Å². The van der Waals surface area contributed by atoms with Crippen molar-refractivity contribution in [3.05, 3.63) is 84.4 Å². The predicted molar refractivity (Wildman–Crippen MR) is 125 cm³/mol. The maximum absolute atomic E-state index is 13.1. The first-order valence-corrected chi connectivity index (χ1v) is 10.9. The Hall–Kier alpha value is -3.53. The highest BCUT2D eigenvalue weighted by Gasteiger charge is 2.22. The summed E-state index contributed by atoms with van der Waals surface area (Å²) in [5.41, 5.74) is 5.94. The standard InChI is InChI=1S/C27H25N3O/c1-19-14-16-30(17-15-19)27(31)22-12-13-23-24(18-22)29-26(21-10-6-3-7-11-21)25(28-23)20-8-4-2-5-9-20/h2-13,18-19H,14-17H2,1H3. The van der Waals surface area contributed by atoms with Crippen molar-refractivity contribution in [1.82, 2.24) is 14.9 Å². The Bertz CT molecular complexity index is 1210. The fourth-order valence-electron chi connectivity index (χ4n) is 4.18. The topological polar surface area (TPSA) is 46.1 Å². The molecule has 0 N–H and O–H groups in total. The van der Waals surface area contributed by atoms with Crippen LogP contribution in [0.4, 0.5) is 0 Å². The van der Waals surface area contributed by atoms with Gasteiger partial charge in [-0.25, -0.2) is 9.97 Å². The number of piperidine rings is 1. The van der Waals surface area contributed by atoms with Crippen LogP contribution in [0.3, 0.4) is 0 Å². The zero-order valence-corrected chi connectivity index (χ0v) is 17.7. The van der Waals surface area contributed by atoms with Crippen molar-refractivity contribution in [3.8, 4) is 22.5 Å². The van der Waals surface area contributed by atoms with E-state index < -0.39 is 0 Å². The molecular weight excluding hydrogens is 382 g/mol. The number of rotatable bonds is 3. The van der Waals surface area contributed by atoms with E-state index >= 15 is 0 Å². The maximum atomic E-state index is 13.1. The second kappa shape index (κ2) is 8.31. The van der Waals surface area contributed by atoms with Crippen molar-refractivity contribution in [2.75, 3.05) is 13.1 Å². The van der Waals surface area contributed by atoms with Gasteiger partial charge in [-0.15, -0.1) is 0 Å². The zero-order valence-electron chi connectivity index (χ0n) is 17.7. The molecule has 1 aromatic heterocycles. The van der Waals surface area contributed by atoms with Crippen molar-refractivity contribution < 1.29 is 4.79 Å². The zero-order chi connectivity index (χ0) is 21.2. The SMILES string of the molecule is CC1CCN(C(=O)c2ccc3nc(-c4ccccc4)c(-c4ccccc4)nc3c2)CC1. The van der Waals surface area contributed by atoms with Crippen LogP contribution in [0.15, 0.2) is 78.9 Å². The number of hydrogen-bond acceptors (Lipinski definition) is 3. The monoisotopic (exact) mass is 407 g/mol.